The average Bonchev–Trinajstić information content (AvgIpc) is 3.17. The summed E-state index contributed by atoms with van der Waals surface area (Å²) >= 11 is 2.72. The normalized spacial score (nSPS) is 10.4. The first-order valence-electron chi connectivity index (χ1n) is 9.16. The summed E-state index contributed by atoms with van der Waals surface area (Å²) in [6, 6.07) is 15.0. The van der Waals surface area contributed by atoms with Crippen LogP contribution in [0, 0.1) is 0 Å². The molecule has 29 heavy (non-hydrogen) atoms. The monoisotopic (exact) mass is 430 g/mol. The van der Waals surface area contributed by atoms with Gasteiger partial charge in [-0.3, -0.25) is 4.79 Å². The number of hydrogen-bond acceptors (Lipinski definition) is 8. The third-order valence-electron chi connectivity index (χ3n) is 3.62. The van der Waals surface area contributed by atoms with Gasteiger partial charge >= 0.3 is 0 Å². The predicted octanol–water partition coefficient (Wildman–Crippen LogP) is 4.81. The van der Waals surface area contributed by atoms with Crippen molar-refractivity contribution in [1.82, 2.24) is 10.2 Å². The minimum Gasteiger partial charge on any atom is -0.492 e. The first-order chi connectivity index (χ1) is 14.2. The molecule has 7 nitrogen and oxygen atoms in total. The molecule has 1 aromatic heterocycles. The van der Waals surface area contributed by atoms with Crippen molar-refractivity contribution in [3.8, 4) is 11.5 Å². The largest absolute Gasteiger partial charge is 0.492 e. The molecule has 0 fully saturated rings. The summed E-state index contributed by atoms with van der Waals surface area (Å²) < 4.78 is 11.8. The highest BCUT2D eigenvalue weighted by Crippen LogP contribution is 2.32. The van der Waals surface area contributed by atoms with Gasteiger partial charge in [0.2, 0.25) is 11.0 Å². The SMILES string of the molecule is CCOc1ccccc1NC(=O)CSc1nnc(Nc2ccccc2OCC)s1. The van der Waals surface area contributed by atoms with E-state index < -0.39 is 0 Å². The van der Waals surface area contributed by atoms with E-state index in [4.69, 9.17) is 9.47 Å². The van der Waals surface area contributed by atoms with E-state index in [9.17, 15) is 4.79 Å². The van der Waals surface area contributed by atoms with Gasteiger partial charge in [-0.05, 0) is 38.1 Å². The van der Waals surface area contributed by atoms with Gasteiger partial charge in [-0.1, -0.05) is 47.4 Å². The molecule has 0 aliphatic carbocycles. The number of nitrogens with one attached hydrogen (secondary N) is 2. The zero-order chi connectivity index (χ0) is 20.5. The van der Waals surface area contributed by atoms with Crippen molar-refractivity contribution in [3.63, 3.8) is 0 Å². The molecule has 1 heterocycles. The van der Waals surface area contributed by atoms with Gasteiger partial charge in [0.05, 0.1) is 30.3 Å². The number of thioether (sulfide) groups is 1. The number of para-hydroxylation sites is 4. The molecular formula is C20H22N4O3S2. The zero-order valence-electron chi connectivity index (χ0n) is 16.2. The molecule has 9 heteroatoms. The highest BCUT2D eigenvalue weighted by molar-refractivity contribution is 8.01. The van der Waals surface area contributed by atoms with E-state index >= 15 is 0 Å². The maximum absolute atomic E-state index is 12.3. The van der Waals surface area contributed by atoms with Gasteiger partial charge in [0.15, 0.2) is 4.34 Å². The Morgan fingerprint density at radius 1 is 0.966 bits per heavy atom. The number of anilines is 3. The van der Waals surface area contributed by atoms with E-state index in [0.29, 0.717) is 34.1 Å². The topological polar surface area (TPSA) is 85.4 Å². The number of aromatic nitrogens is 2. The van der Waals surface area contributed by atoms with Gasteiger partial charge in [-0.15, -0.1) is 10.2 Å². The summed E-state index contributed by atoms with van der Waals surface area (Å²) in [4.78, 5) is 12.3. The van der Waals surface area contributed by atoms with Crippen LogP contribution in [0.1, 0.15) is 13.8 Å². The molecule has 3 rings (SSSR count). The van der Waals surface area contributed by atoms with Crippen LogP contribution in [-0.4, -0.2) is 35.1 Å². The summed E-state index contributed by atoms with van der Waals surface area (Å²) in [7, 11) is 0. The van der Waals surface area contributed by atoms with Crippen LogP contribution in [-0.2, 0) is 4.79 Å². The fraction of sp³-hybridized carbons (Fsp3) is 0.250. The summed E-state index contributed by atoms with van der Waals surface area (Å²) in [6.45, 7) is 4.96. The average molecular weight is 431 g/mol. The van der Waals surface area contributed by atoms with E-state index in [-0.39, 0.29) is 11.7 Å². The van der Waals surface area contributed by atoms with Crippen LogP contribution in [0.15, 0.2) is 52.9 Å². The number of rotatable bonds is 10. The fourth-order valence-electron chi connectivity index (χ4n) is 2.45. The quantitative estimate of drug-likeness (QED) is 0.446. The first-order valence-corrected chi connectivity index (χ1v) is 11.0. The number of ether oxygens (including phenoxy) is 2. The molecule has 3 aromatic rings. The van der Waals surface area contributed by atoms with E-state index in [2.05, 4.69) is 20.8 Å². The number of carbonyl (C=O) groups excluding carboxylic acids is 1. The van der Waals surface area contributed by atoms with Crippen molar-refractivity contribution < 1.29 is 14.3 Å². The van der Waals surface area contributed by atoms with Crippen LogP contribution in [0.4, 0.5) is 16.5 Å². The molecular weight excluding hydrogens is 408 g/mol. The summed E-state index contributed by atoms with van der Waals surface area (Å²) in [5.41, 5.74) is 1.49. The van der Waals surface area contributed by atoms with Crippen LogP contribution in [0.25, 0.3) is 0 Å². The van der Waals surface area contributed by atoms with E-state index in [1.807, 2.05) is 62.4 Å². The Labute approximate surface area is 177 Å². The lowest BCUT2D eigenvalue weighted by Crippen LogP contribution is -2.14. The van der Waals surface area contributed by atoms with Gasteiger partial charge in [0, 0.05) is 0 Å². The van der Waals surface area contributed by atoms with Gasteiger partial charge in [-0.2, -0.15) is 0 Å². The van der Waals surface area contributed by atoms with Crippen LogP contribution < -0.4 is 20.1 Å². The fourth-order valence-corrected chi connectivity index (χ4v) is 4.01. The van der Waals surface area contributed by atoms with Crippen LogP contribution >= 0.6 is 23.1 Å². The van der Waals surface area contributed by atoms with Crippen molar-refractivity contribution in [2.45, 2.75) is 18.2 Å². The van der Waals surface area contributed by atoms with Gasteiger partial charge in [-0.25, -0.2) is 0 Å². The lowest BCUT2D eigenvalue weighted by molar-refractivity contribution is -0.113. The highest BCUT2D eigenvalue weighted by atomic mass is 32.2. The summed E-state index contributed by atoms with van der Waals surface area (Å²) in [6.07, 6.45) is 0. The Bertz CT molecular complexity index is 949. The molecule has 152 valence electrons. The summed E-state index contributed by atoms with van der Waals surface area (Å²) in [5, 5.41) is 15.0. The second-order valence-corrected chi connectivity index (χ2v) is 7.89. The molecule has 0 spiro atoms. The Morgan fingerprint density at radius 3 is 2.28 bits per heavy atom. The molecule has 0 saturated heterocycles. The Morgan fingerprint density at radius 2 is 1.59 bits per heavy atom. The lowest BCUT2D eigenvalue weighted by atomic mass is 10.3. The molecule has 2 aromatic carbocycles. The molecule has 0 aliphatic heterocycles. The number of hydrogen-bond donors (Lipinski definition) is 2. The number of amides is 1. The number of carbonyl (C=O) groups is 1. The van der Waals surface area contributed by atoms with Crippen molar-refractivity contribution in [3.05, 3.63) is 48.5 Å². The standard InChI is InChI=1S/C20H22N4O3S2/c1-3-26-16-11-7-5-9-14(16)21-18(25)13-28-20-24-23-19(29-20)22-15-10-6-8-12-17(15)27-4-2/h5-12H,3-4,13H2,1-2H3,(H,21,25)(H,22,23). The molecule has 2 N–H and O–H groups in total. The maximum Gasteiger partial charge on any atom is 0.234 e. The van der Waals surface area contributed by atoms with Crippen LogP contribution in [0.3, 0.4) is 0 Å². The van der Waals surface area contributed by atoms with E-state index in [1.165, 1.54) is 23.1 Å². The Kier molecular flexibility index (Phi) is 7.71. The third-order valence-corrected chi connectivity index (χ3v) is 5.59. The smallest absolute Gasteiger partial charge is 0.234 e. The van der Waals surface area contributed by atoms with Crippen molar-refractivity contribution in [2.75, 3.05) is 29.6 Å². The van der Waals surface area contributed by atoms with Crippen LogP contribution in [0.2, 0.25) is 0 Å². The minimum absolute atomic E-state index is 0.131. The van der Waals surface area contributed by atoms with E-state index in [1.54, 1.807) is 0 Å². The van der Waals surface area contributed by atoms with E-state index in [0.717, 1.165) is 11.4 Å². The van der Waals surface area contributed by atoms with Gasteiger partial charge in [0.1, 0.15) is 11.5 Å². The molecule has 0 atom stereocenters. The van der Waals surface area contributed by atoms with Gasteiger partial charge in [0.25, 0.3) is 0 Å². The molecule has 0 bridgehead atoms. The van der Waals surface area contributed by atoms with Crippen molar-refractivity contribution in [1.29, 1.82) is 0 Å². The third kappa shape index (κ3) is 6.10. The maximum atomic E-state index is 12.3. The highest BCUT2D eigenvalue weighted by Gasteiger charge is 2.12. The minimum atomic E-state index is -0.131. The second kappa shape index (κ2) is 10.7. The predicted molar refractivity (Wildman–Crippen MR) is 118 cm³/mol. The van der Waals surface area contributed by atoms with Gasteiger partial charge < -0.3 is 20.1 Å². The summed E-state index contributed by atoms with van der Waals surface area (Å²) in [5.74, 6) is 1.51. The lowest BCUT2D eigenvalue weighted by Gasteiger charge is -2.10. The van der Waals surface area contributed by atoms with Crippen LogP contribution in [0.5, 0.6) is 11.5 Å². The van der Waals surface area contributed by atoms with Crippen molar-refractivity contribution in [2.24, 2.45) is 0 Å². The second-order valence-electron chi connectivity index (χ2n) is 5.69. The number of benzene rings is 2. The molecule has 0 saturated carbocycles. The first kappa shape index (κ1) is 20.9. The Balaban J connectivity index is 1.55. The molecule has 1 amide bonds. The number of nitrogens with zero attached hydrogens (tertiary/aromatic N) is 2. The van der Waals surface area contributed by atoms with Crippen molar-refractivity contribution >= 4 is 45.5 Å². The molecule has 0 unspecified atom stereocenters. The molecule has 0 aliphatic rings. The Hall–Kier alpha value is -2.78. The molecule has 0 radical (unpaired) electrons. The zero-order valence-corrected chi connectivity index (χ0v) is 17.8.